The Morgan fingerprint density at radius 2 is 1.89 bits per heavy atom. The van der Waals surface area contributed by atoms with Crippen molar-refractivity contribution in [3.63, 3.8) is 0 Å². The number of hydrogen-bond acceptors (Lipinski definition) is 4. The van der Waals surface area contributed by atoms with Gasteiger partial charge in [0.1, 0.15) is 23.9 Å². The van der Waals surface area contributed by atoms with Gasteiger partial charge in [0.05, 0.1) is 18.1 Å². The fourth-order valence-corrected chi connectivity index (χ4v) is 3.97. The Kier molecular flexibility index (Phi) is 8.17. The van der Waals surface area contributed by atoms with E-state index in [-0.39, 0.29) is 11.7 Å². The van der Waals surface area contributed by atoms with Gasteiger partial charge in [0.15, 0.2) is 5.82 Å². The molecule has 0 atom stereocenters. The maximum atomic E-state index is 13.1. The fraction of sp³-hybridized carbons (Fsp3) is 0.143. The predicted molar refractivity (Wildman–Crippen MR) is 142 cm³/mol. The van der Waals surface area contributed by atoms with Gasteiger partial charge >= 0.3 is 0 Å². The number of benzene rings is 3. The van der Waals surface area contributed by atoms with Crippen LogP contribution in [0.15, 0.2) is 83.5 Å². The first-order chi connectivity index (χ1) is 17.4. The van der Waals surface area contributed by atoms with Crippen molar-refractivity contribution >= 4 is 33.7 Å². The maximum absolute atomic E-state index is 13.1. The highest BCUT2D eigenvalue weighted by Crippen LogP contribution is 2.25. The number of ether oxygens (including phenoxy) is 2. The molecule has 1 aromatic heterocycles. The number of nitrogens with one attached hydrogen (secondary N) is 1. The molecule has 3 aromatic carbocycles. The highest BCUT2D eigenvalue weighted by molar-refractivity contribution is 9.10. The minimum Gasteiger partial charge on any atom is -0.496 e. The Labute approximate surface area is 217 Å². The summed E-state index contributed by atoms with van der Waals surface area (Å²) in [5, 5.41) is 7.17. The van der Waals surface area contributed by atoms with Crippen molar-refractivity contribution in [3.05, 3.63) is 112 Å². The van der Waals surface area contributed by atoms with Crippen LogP contribution in [0.4, 0.5) is 10.2 Å². The maximum Gasteiger partial charge on any atom is 0.249 e. The molecule has 0 fully saturated rings. The van der Waals surface area contributed by atoms with Crippen LogP contribution in [0.2, 0.25) is 0 Å². The number of carbonyl (C=O) groups is 1. The van der Waals surface area contributed by atoms with Gasteiger partial charge in [-0.1, -0.05) is 36.4 Å². The summed E-state index contributed by atoms with van der Waals surface area (Å²) in [6.45, 7) is 2.78. The van der Waals surface area contributed by atoms with Gasteiger partial charge in [-0.05, 0) is 76.0 Å². The molecule has 36 heavy (non-hydrogen) atoms. The first-order valence-electron chi connectivity index (χ1n) is 11.2. The van der Waals surface area contributed by atoms with Crippen molar-refractivity contribution in [1.29, 1.82) is 0 Å². The highest BCUT2D eigenvalue weighted by Gasteiger charge is 2.10. The van der Waals surface area contributed by atoms with Gasteiger partial charge in [-0.25, -0.2) is 4.39 Å². The second-order valence-corrected chi connectivity index (χ2v) is 8.95. The topological polar surface area (TPSA) is 65.4 Å². The lowest BCUT2D eigenvalue weighted by molar-refractivity contribution is -0.111. The number of aromatic nitrogens is 2. The molecule has 4 aromatic rings. The molecule has 0 unspecified atom stereocenters. The summed E-state index contributed by atoms with van der Waals surface area (Å²) in [4.78, 5) is 12.5. The van der Waals surface area contributed by atoms with Crippen molar-refractivity contribution in [1.82, 2.24) is 9.78 Å². The van der Waals surface area contributed by atoms with Crippen LogP contribution >= 0.6 is 15.9 Å². The average molecular weight is 550 g/mol. The second kappa shape index (κ2) is 11.7. The third-order valence-electron chi connectivity index (χ3n) is 5.42. The van der Waals surface area contributed by atoms with Gasteiger partial charge in [0, 0.05) is 17.8 Å². The van der Waals surface area contributed by atoms with Crippen LogP contribution in [0, 0.1) is 12.7 Å². The van der Waals surface area contributed by atoms with Crippen molar-refractivity contribution < 1.29 is 18.7 Å². The lowest BCUT2D eigenvalue weighted by atomic mass is 10.1. The van der Waals surface area contributed by atoms with Crippen LogP contribution in [0.5, 0.6) is 11.5 Å². The van der Waals surface area contributed by atoms with E-state index in [4.69, 9.17) is 9.47 Å². The van der Waals surface area contributed by atoms with E-state index < -0.39 is 0 Å². The lowest BCUT2D eigenvalue weighted by Crippen LogP contribution is -2.09. The molecule has 184 valence electrons. The van der Waals surface area contributed by atoms with E-state index in [1.54, 1.807) is 36.2 Å². The van der Waals surface area contributed by atoms with Crippen LogP contribution < -0.4 is 14.8 Å². The molecular formula is C28H25BrFN3O3. The monoisotopic (exact) mass is 549 g/mol. The molecule has 1 N–H and O–H groups in total. The summed E-state index contributed by atoms with van der Waals surface area (Å²) >= 11 is 3.42. The fourth-order valence-electron chi connectivity index (χ4n) is 3.56. The normalized spacial score (nSPS) is 11.0. The van der Waals surface area contributed by atoms with Gasteiger partial charge in [-0.2, -0.15) is 5.10 Å². The van der Waals surface area contributed by atoms with E-state index in [0.717, 1.165) is 28.0 Å². The molecule has 4 rings (SSSR count). The molecule has 1 amide bonds. The highest BCUT2D eigenvalue weighted by atomic mass is 79.9. The quantitative estimate of drug-likeness (QED) is 0.246. The minimum atomic E-state index is -0.323. The summed E-state index contributed by atoms with van der Waals surface area (Å²) in [6.07, 6.45) is 4.92. The van der Waals surface area contributed by atoms with Gasteiger partial charge in [0.2, 0.25) is 5.91 Å². The van der Waals surface area contributed by atoms with Crippen molar-refractivity contribution in [2.75, 3.05) is 12.4 Å². The molecule has 0 bridgehead atoms. The average Bonchev–Trinajstić information content (AvgIpc) is 3.21. The summed E-state index contributed by atoms with van der Waals surface area (Å²) in [5.41, 5.74) is 3.64. The minimum absolute atomic E-state index is 0.289. The first-order valence-corrected chi connectivity index (χ1v) is 12.0. The number of hydrogen-bond donors (Lipinski definition) is 1. The SMILES string of the molecule is COc1ccc(/C=C/C(=O)Nc2nn(Cc3ccc(F)cc3)cc2Br)cc1COc1ccccc1C. The number of rotatable bonds is 9. The van der Waals surface area contributed by atoms with E-state index in [1.165, 1.54) is 18.2 Å². The number of methoxy groups -OCH3 is 1. The van der Waals surface area contributed by atoms with E-state index in [9.17, 15) is 9.18 Å². The van der Waals surface area contributed by atoms with E-state index >= 15 is 0 Å². The number of halogens is 2. The first kappa shape index (κ1) is 25.2. The molecule has 8 heteroatoms. The predicted octanol–water partition coefficient (Wildman–Crippen LogP) is 6.38. The van der Waals surface area contributed by atoms with Crippen molar-refractivity contribution in [2.45, 2.75) is 20.1 Å². The van der Waals surface area contributed by atoms with Gasteiger partial charge in [-0.15, -0.1) is 0 Å². The Balaban J connectivity index is 1.40. The Morgan fingerprint density at radius 3 is 2.64 bits per heavy atom. The van der Waals surface area contributed by atoms with E-state index in [0.29, 0.717) is 29.2 Å². The number of aryl methyl sites for hydroxylation is 1. The Morgan fingerprint density at radius 1 is 1.11 bits per heavy atom. The van der Waals surface area contributed by atoms with E-state index in [2.05, 4.69) is 26.3 Å². The summed E-state index contributed by atoms with van der Waals surface area (Å²) in [7, 11) is 1.61. The van der Waals surface area contributed by atoms with Gasteiger partial charge in [-0.3, -0.25) is 9.48 Å². The standard InChI is InChI=1S/C28H25BrFN3O3/c1-19-5-3-4-6-25(19)36-18-22-15-20(9-13-26(22)35-2)10-14-27(34)31-28-24(29)17-33(32-28)16-21-7-11-23(30)12-8-21/h3-15,17H,16,18H2,1-2H3,(H,31,32,34)/b14-10+. The molecule has 0 saturated heterocycles. The van der Waals surface area contributed by atoms with Crippen molar-refractivity contribution in [3.8, 4) is 11.5 Å². The van der Waals surface area contributed by atoms with Crippen LogP contribution in [0.25, 0.3) is 6.08 Å². The summed E-state index contributed by atoms with van der Waals surface area (Å²) < 4.78 is 26.9. The van der Waals surface area contributed by atoms with Crippen LogP contribution in [0.1, 0.15) is 22.3 Å². The second-order valence-electron chi connectivity index (χ2n) is 8.10. The molecule has 0 aliphatic carbocycles. The van der Waals surface area contributed by atoms with Crippen LogP contribution in [-0.2, 0) is 17.9 Å². The third kappa shape index (κ3) is 6.60. The molecule has 0 aliphatic rings. The molecule has 0 aliphatic heterocycles. The number of para-hydroxylation sites is 1. The van der Waals surface area contributed by atoms with E-state index in [1.807, 2.05) is 49.4 Å². The molecule has 6 nitrogen and oxygen atoms in total. The van der Waals surface area contributed by atoms with Crippen LogP contribution in [-0.4, -0.2) is 22.8 Å². The summed E-state index contributed by atoms with van der Waals surface area (Å²) in [6, 6.07) is 19.7. The molecule has 1 heterocycles. The number of carbonyl (C=O) groups excluding carboxylic acids is 1. The van der Waals surface area contributed by atoms with Crippen LogP contribution in [0.3, 0.4) is 0 Å². The lowest BCUT2D eigenvalue weighted by Gasteiger charge is -2.12. The molecular weight excluding hydrogens is 525 g/mol. The Hall–Kier alpha value is -3.91. The van der Waals surface area contributed by atoms with Gasteiger partial charge in [0.25, 0.3) is 0 Å². The molecule has 0 spiro atoms. The molecule has 0 saturated carbocycles. The largest absolute Gasteiger partial charge is 0.496 e. The zero-order chi connectivity index (χ0) is 25.5. The summed E-state index contributed by atoms with van der Waals surface area (Å²) in [5.74, 6) is 1.30. The number of anilines is 1. The number of amides is 1. The zero-order valence-electron chi connectivity index (χ0n) is 19.9. The Bertz CT molecular complexity index is 1380. The molecule has 0 radical (unpaired) electrons. The van der Waals surface area contributed by atoms with Crippen molar-refractivity contribution in [2.24, 2.45) is 0 Å². The van der Waals surface area contributed by atoms with Gasteiger partial charge < -0.3 is 14.8 Å². The third-order valence-corrected chi connectivity index (χ3v) is 6.01. The zero-order valence-corrected chi connectivity index (χ0v) is 21.5. The smallest absolute Gasteiger partial charge is 0.249 e. The number of nitrogens with zero attached hydrogens (tertiary/aromatic N) is 2.